The summed E-state index contributed by atoms with van der Waals surface area (Å²) in [6.45, 7) is 0. The van der Waals surface area contributed by atoms with Crippen LogP contribution in [-0.4, -0.2) is 9.97 Å². The van der Waals surface area contributed by atoms with Crippen molar-refractivity contribution >= 4 is 97.2 Å². The first-order chi connectivity index (χ1) is 28.2. The number of pyridine rings is 2. The number of hydrogen-bond acceptors (Lipinski definition) is 2. The zero-order valence-electron chi connectivity index (χ0n) is 31.0. The molecular weight excluding hydrogens is 689 g/mol. The van der Waals surface area contributed by atoms with Gasteiger partial charge in [-0.2, -0.15) is 0 Å². The molecule has 57 heavy (non-hydrogen) atoms. The summed E-state index contributed by atoms with van der Waals surface area (Å²) in [7, 11) is 0. The molecule has 14 rings (SSSR count). The Morgan fingerprint density at radius 1 is 0.333 bits per heavy atom. The van der Waals surface area contributed by atoms with Crippen molar-refractivity contribution in [3.8, 4) is 33.5 Å². The van der Waals surface area contributed by atoms with Crippen molar-refractivity contribution < 1.29 is 0 Å². The summed E-state index contributed by atoms with van der Waals surface area (Å²) in [5.41, 5.74) is 11.8. The number of aromatic nitrogens is 2. The summed E-state index contributed by atoms with van der Waals surface area (Å²) in [5, 5.41) is 20.7. The van der Waals surface area contributed by atoms with E-state index in [1.54, 1.807) is 0 Å². The van der Waals surface area contributed by atoms with Crippen LogP contribution in [0.2, 0.25) is 0 Å². The molecule has 1 aliphatic carbocycles. The highest BCUT2D eigenvalue weighted by molar-refractivity contribution is 6.28. The lowest BCUT2D eigenvalue weighted by Crippen LogP contribution is -2.08. The third kappa shape index (κ3) is 4.04. The van der Waals surface area contributed by atoms with Crippen molar-refractivity contribution in [1.82, 2.24) is 9.97 Å². The average Bonchev–Trinajstić information content (AvgIpc) is 3.27. The summed E-state index contributed by atoms with van der Waals surface area (Å²) in [4.78, 5) is 11.3. The maximum absolute atomic E-state index is 5.67. The van der Waals surface area contributed by atoms with Crippen molar-refractivity contribution in [3.05, 3.63) is 169 Å². The van der Waals surface area contributed by atoms with Gasteiger partial charge in [-0.15, -0.1) is 0 Å². The molecule has 11 aromatic carbocycles. The molecule has 0 unspecified atom stereocenters. The van der Waals surface area contributed by atoms with Gasteiger partial charge in [0.25, 0.3) is 0 Å². The standard InChI is InChI=1S/C55H32N2/c1-2-7-34(8-3-1)55-44-27-40(39-23-35-19-15-30-9-4-10-31-16-20-36(24-39)50(35)48(30)31)28-46-53(44)54-47(57-55)29-43(42-13-6-14-45(56-46)52(42)54)41-25-37-21-17-32-11-5-12-33-18-22-38(26-41)51(37)49(32)33/h1-5,7-12,15-29H,6,13-14H2. The van der Waals surface area contributed by atoms with E-state index in [9.17, 15) is 0 Å². The van der Waals surface area contributed by atoms with E-state index in [1.165, 1.54) is 114 Å². The highest BCUT2D eigenvalue weighted by Gasteiger charge is 2.26. The van der Waals surface area contributed by atoms with Crippen molar-refractivity contribution in [1.29, 1.82) is 0 Å². The van der Waals surface area contributed by atoms with E-state index in [1.807, 2.05) is 0 Å². The van der Waals surface area contributed by atoms with Gasteiger partial charge >= 0.3 is 0 Å². The van der Waals surface area contributed by atoms with E-state index in [0.29, 0.717) is 0 Å². The fourth-order valence-electron chi connectivity index (χ4n) is 10.9. The number of rotatable bonds is 3. The molecule has 0 bridgehead atoms. The fraction of sp³-hybridized carbons (Fsp3) is 0.0545. The Kier molecular flexibility index (Phi) is 5.69. The summed E-state index contributed by atoms with van der Waals surface area (Å²) >= 11 is 0. The molecule has 2 heterocycles. The van der Waals surface area contributed by atoms with Crippen molar-refractivity contribution in [2.75, 3.05) is 0 Å². The number of nitrogens with zero attached hydrogens (tertiary/aromatic N) is 2. The molecule has 0 fully saturated rings. The SMILES string of the molecule is c1ccc(-c2nc3cc(-c4cc5ccc6cccc7ccc(c4)c5c67)c4c5c(nc6cc(-c7cc8ccc9cccc%10ccc(c7)c8c9%10)cc2c6c35)CCC4)cc1. The lowest BCUT2D eigenvalue weighted by Gasteiger charge is -2.25. The van der Waals surface area contributed by atoms with Crippen LogP contribution in [0.5, 0.6) is 0 Å². The molecule has 2 nitrogen and oxygen atoms in total. The van der Waals surface area contributed by atoms with Gasteiger partial charge in [0.05, 0.1) is 16.7 Å². The van der Waals surface area contributed by atoms with Gasteiger partial charge in [0.15, 0.2) is 0 Å². The lowest BCUT2D eigenvalue weighted by molar-refractivity contribution is 0.791. The second kappa shape index (κ2) is 10.8. The molecule has 0 spiro atoms. The maximum atomic E-state index is 5.67. The zero-order valence-corrected chi connectivity index (χ0v) is 31.0. The molecule has 0 aliphatic heterocycles. The molecule has 13 aromatic rings. The molecule has 0 atom stereocenters. The Bertz CT molecular complexity index is 3690. The predicted molar refractivity (Wildman–Crippen MR) is 241 cm³/mol. The van der Waals surface area contributed by atoms with Gasteiger partial charge in [0, 0.05) is 32.8 Å². The molecule has 0 saturated heterocycles. The summed E-state index contributed by atoms with van der Waals surface area (Å²) in [6.07, 6.45) is 3.09. The first-order valence-corrected chi connectivity index (χ1v) is 20.2. The molecule has 0 radical (unpaired) electrons. The highest BCUT2D eigenvalue weighted by atomic mass is 14.7. The Morgan fingerprint density at radius 3 is 1.47 bits per heavy atom. The molecule has 0 saturated carbocycles. The summed E-state index contributed by atoms with van der Waals surface area (Å²) < 4.78 is 0. The van der Waals surface area contributed by atoms with Crippen molar-refractivity contribution in [2.45, 2.75) is 19.3 Å². The Morgan fingerprint density at radius 2 is 0.860 bits per heavy atom. The van der Waals surface area contributed by atoms with Gasteiger partial charge in [-0.25, -0.2) is 4.98 Å². The topological polar surface area (TPSA) is 25.8 Å². The Labute approximate surface area is 327 Å². The van der Waals surface area contributed by atoms with E-state index in [-0.39, 0.29) is 0 Å². The predicted octanol–water partition coefficient (Wildman–Crippen LogP) is 14.7. The molecule has 0 N–H and O–H groups in total. The quantitative estimate of drug-likeness (QED) is 0.170. The maximum Gasteiger partial charge on any atom is 0.0789 e. The van der Waals surface area contributed by atoms with Crippen LogP contribution in [0.4, 0.5) is 0 Å². The normalized spacial score (nSPS) is 13.4. The third-order valence-corrected chi connectivity index (χ3v) is 13.3. The third-order valence-electron chi connectivity index (χ3n) is 13.3. The fourth-order valence-corrected chi connectivity index (χ4v) is 10.9. The Hall–Kier alpha value is -7.16. The van der Waals surface area contributed by atoms with Crippen LogP contribution in [0.25, 0.3) is 131 Å². The van der Waals surface area contributed by atoms with Crippen LogP contribution in [0.15, 0.2) is 158 Å². The second-order valence-electron chi connectivity index (χ2n) is 16.3. The molecule has 0 amide bonds. The van der Waals surface area contributed by atoms with Gasteiger partial charge in [-0.05, 0) is 154 Å². The van der Waals surface area contributed by atoms with Crippen LogP contribution in [0.3, 0.4) is 0 Å². The van der Waals surface area contributed by atoms with E-state index in [0.717, 1.165) is 46.9 Å². The number of aryl methyl sites for hydroxylation is 2. The minimum absolute atomic E-state index is 0.970. The van der Waals surface area contributed by atoms with Crippen LogP contribution in [0.1, 0.15) is 17.7 Å². The molecule has 2 aromatic heterocycles. The van der Waals surface area contributed by atoms with Crippen LogP contribution in [0, 0.1) is 0 Å². The monoisotopic (exact) mass is 720 g/mol. The number of hydrogen-bond donors (Lipinski definition) is 0. The summed E-state index contributed by atoms with van der Waals surface area (Å²) in [6, 6.07) is 59.0. The van der Waals surface area contributed by atoms with Crippen molar-refractivity contribution in [3.63, 3.8) is 0 Å². The first kappa shape index (κ1) is 30.1. The van der Waals surface area contributed by atoms with Crippen LogP contribution in [-0.2, 0) is 12.8 Å². The molecule has 2 heteroatoms. The van der Waals surface area contributed by atoms with E-state index in [4.69, 9.17) is 9.97 Å². The van der Waals surface area contributed by atoms with Gasteiger partial charge in [-0.1, -0.05) is 115 Å². The average molecular weight is 721 g/mol. The molecule has 262 valence electrons. The van der Waals surface area contributed by atoms with E-state index >= 15 is 0 Å². The molecule has 1 aliphatic rings. The van der Waals surface area contributed by atoms with Gasteiger partial charge in [0.1, 0.15) is 0 Å². The van der Waals surface area contributed by atoms with E-state index in [2.05, 4.69) is 158 Å². The zero-order chi connectivity index (χ0) is 36.9. The first-order valence-electron chi connectivity index (χ1n) is 20.2. The van der Waals surface area contributed by atoms with Gasteiger partial charge in [-0.3, -0.25) is 4.98 Å². The second-order valence-corrected chi connectivity index (χ2v) is 16.3. The molecular formula is C55H32N2. The number of benzene rings is 11. The minimum Gasteiger partial charge on any atom is -0.252 e. The largest absolute Gasteiger partial charge is 0.252 e. The highest BCUT2D eigenvalue weighted by Crippen LogP contribution is 2.48. The van der Waals surface area contributed by atoms with Crippen LogP contribution >= 0.6 is 0 Å². The van der Waals surface area contributed by atoms with Gasteiger partial charge in [0.2, 0.25) is 0 Å². The lowest BCUT2D eigenvalue weighted by atomic mass is 9.82. The summed E-state index contributed by atoms with van der Waals surface area (Å²) in [5.74, 6) is 0. The van der Waals surface area contributed by atoms with Crippen molar-refractivity contribution in [2.24, 2.45) is 0 Å². The smallest absolute Gasteiger partial charge is 0.0789 e. The Balaban J connectivity index is 1.06. The van der Waals surface area contributed by atoms with E-state index < -0.39 is 0 Å². The minimum atomic E-state index is 0.970. The van der Waals surface area contributed by atoms with Gasteiger partial charge < -0.3 is 0 Å². The van der Waals surface area contributed by atoms with Crippen LogP contribution < -0.4 is 0 Å².